The molecule has 0 saturated heterocycles. The first-order chi connectivity index (χ1) is 14.1. The van der Waals surface area contributed by atoms with Gasteiger partial charge in [0.1, 0.15) is 5.69 Å². The molecule has 1 heterocycles. The second-order valence-corrected chi connectivity index (χ2v) is 7.33. The molecular weight excluding hydrogens is 362 g/mol. The van der Waals surface area contributed by atoms with E-state index in [9.17, 15) is 4.79 Å². The number of nitrogens with one attached hydrogen (secondary N) is 1. The van der Waals surface area contributed by atoms with E-state index in [-0.39, 0.29) is 11.9 Å². The molecule has 3 rings (SSSR count). The van der Waals surface area contributed by atoms with Gasteiger partial charge in [-0.25, -0.2) is 4.98 Å². The van der Waals surface area contributed by atoms with E-state index in [2.05, 4.69) is 53.6 Å². The molecule has 1 aromatic heterocycles. The van der Waals surface area contributed by atoms with Crippen molar-refractivity contribution in [1.82, 2.24) is 14.9 Å². The summed E-state index contributed by atoms with van der Waals surface area (Å²) < 4.78 is 6.88. The monoisotopic (exact) mass is 391 g/mol. The summed E-state index contributed by atoms with van der Waals surface area (Å²) in [5.41, 5.74) is 5.12. The van der Waals surface area contributed by atoms with Crippen LogP contribution in [0.25, 0.3) is 16.8 Å². The number of imidazole rings is 1. The summed E-state index contributed by atoms with van der Waals surface area (Å²) in [6.45, 7) is 4.58. The second kappa shape index (κ2) is 10.0. The third kappa shape index (κ3) is 5.33. The highest BCUT2D eigenvalue weighted by Crippen LogP contribution is 2.22. The number of benzene rings is 2. The fraction of sp³-hybridized carbons (Fsp3) is 0.333. The highest BCUT2D eigenvalue weighted by Gasteiger charge is 2.15. The number of nitrogens with zero attached hydrogens (tertiary/aromatic N) is 2. The Bertz CT molecular complexity index is 914. The average molecular weight is 392 g/mol. The van der Waals surface area contributed by atoms with Crippen molar-refractivity contribution in [1.29, 1.82) is 0 Å². The zero-order valence-electron chi connectivity index (χ0n) is 17.4. The van der Waals surface area contributed by atoms with Crippen LogP contribution in [0.2, 0.25) is 0 Å². The predicted molar refractivity (Wildman–Crippen MR) is 116 cm³/mol. The van der Waals surface area contributed by atoms with Gasteiger partial charge in [0.2, 0.25) is 0 Å². The van der Waals surface area contributed by atoms with E-state index in [1.165, 1.54) is 24.0 Å². The van der Waals surface area contributed by atoms with Gasteiger partial charge in [-0.05, 0) is 48.6 Å². The summed E-state index contributed by atoms with van der Waals surface area (Å²) in [4.78, 5) is 16.7. The van der Waals surface area contributed by atoms with Gasteiger partial charge in [-0.15, -0.1) is 0 Å². The molecule has 5 nitrogen and oxygen atoms in total. The Kier molecular flexibility index (Phi) is 7.19. The summed E-state index contributed by atoms with van der Waals surface area (Å²) in [5, 5.41) is 2.93. The minimum Gasteiger partial charge on any atom is -0.383 e. The molecule has 152 valence electrons. The van der Waals surface area contributed by atoms with Crippen LogP contribution in [-0.2, 0) is 11.2 Å². The van der Waals surface area contributed by atoms with Gasteiger partial charge in [-0.2, -0.15) is 0 Å². The van der Waals surface area contributed by atoms with E-state index < -0.39 is 0 Å². The first kappa shape index (κ1) is 20.8. The van der Waals surface area contributed by atoms with Crippen LogP contribution in [0.5, 0.6) is 0 Å². The number of rotatable bonds is 9. The van der Waals surface area contributed by atoms with Gasteiger partial charge < -0.3 is 10.1 Å². The Morgan fingerprint density at radius 1 is 1.10 bits per heavy atom. The molecule has 0 aliphatic rings. The van der Waals surface area contributed by atoms with E-state index in [4.69, 9.17) is 4.74 Å². The van der Waals surface area contributed by atoms with Gasteiger partial charge in [-0.1, -0.05) is 49.7 Å². The van der Waals surface area contributed by atoms with Crippen molar-refractivity contribution in [3.63, 3.8) is 0 Å². The number of hydrogen-bond donors (Lipinski definition) is 1. The summed E-state index contributed by atoms with van der Waals surface area (Å²) in [5.74, 6) is -0.168. The molecule has 29 heavy (non-hydrogen) atoms. The Labute approximate surface area is 172 Å². The van der Waals surface area contributed by atoms with E-state index in [1.807, 2.05) is 19.1 Å². The molecule has 0 fully saturated rings. The van der Waals surface area contributed by atoms with Crippen molar-refractivity contribution in [2.45, 2.75) is 39.2 Å². The number of ether oxygens (including phenoxy) is 1. The Morgan fingerprint density at radius 2 is 1.76 bits per heavy atom. The van der Waals surface area contributed by atoms with Gasteiger partial charge in [0, 0.05) is 18.8 Å². The first-order valence-corrected chi connectivity index (χ1v) is 10.1. The summed E-state index contributed by atoms with van der Waals surface area (Å²) >= 11 is 0. The van der Waals surface area contributed by atoms with Gasteiger partial charge in [0.05, 0.1) is 19.1 Å². The molecule has 0 bridgehead atoms. The van der Waals surface area contributed by atoms with Crippen LogP contribution in [0, 0.1) is 0 Å². The largest absolute Gasteiger partial charge is 0.383 e. The van der Waals surface area contributed by atoms with Gasteiger partial charge >= 0.3 is 0 Å². The number of carbonyl (C=O) groups is 1. The fourth-order valence-electron chi connectivity index (χ4n) is 3.32. The minimum atomic E-state index is -0.168. The number of methoxy groups -OCH3 is 1. The van der Waals surface area contributed by atoms with Gasteiger partial charge in [0.25, 0.3) is 5.91 Å². The smallest absolute Gasteiger partial charge is 0.270 e. The normalized spacial score (nSPS) is 12.0. The quantitative estimate of drug-likeness (QED) is 0.578. The molecule has 0 spiro atoms. The fourth-order valence-corrected chi connectivity index (χ4v) is 3.32. The maximum Gasteiger partial charge on any atom is 0.270 e. The van der Waals surface area contributed by atoms with Crippen LogP contribution in [0.15, 0.2) is 61.1 Å². The number of amides is 1. The molecule has 1 atom stereocenters. The molecular formula is C24H29N3O2. The van der Waals surface area contributed by atoms with Crippen molar-refractivity contribution in [3.05, 3.63) is 72.3 Å². The van der Waals surface area contributed by atoms with Crippen LogP contribution >= 0.6 is 0 Å². The molecule has 2 aromatic carbocycles. The molecule has 0 aliphatic heterocycles. The number of aromatic nitrogens is 2. The number of carbonyl (C=O) groups excluding carboxylic acids is 1. The average Bonchev–Trinajstić information content (AvgIpc) is 3.23. The third-order valence-corrected chi connectivity index (χ3v) is 4.92. The summed E-state index contributed by atoms with van der Waals surface area (Å²) in [6.07, 6.45) is 6.80. The van der Waals surface area contributed by atoms with E-state index in [1.54, 1.807) is 24.2 Å². The molecule has 0 unspecified atom stereocenters. The number of aryl methyl sites for hydroxylation is 1. The standard InChI is InChI=1S/C24H29N3O2/c1-4-5-6-19-7-9-20(10-8-19)21-11-13-22(14-12-21)27-17-25-15-23(27)24(28)26-18(2)16-29-3/h7-15,17-18H,4-6,16H2,1-3H3,(H,26,28)/t18-/m1/s1. The highest BCUT2D eigenvalue weighted by molar-refractivity contribution is 5.93. The lowest BCUT2D eigenvalue weighted by molar-refractivity contribution is 0.0898. The predicted octanol–water partition coefficient (Wildman–Crippen LogP) is 4.65. The zero-order valence-corrected chi connectivity index (χ0v) is 17.4. The molecule has 3 aromatic rings. The van der Waals surface area contributed by atoms with E-state index in [0.717, 1.165) is 17.7 Å². The lowest BCUT2D eigenvalue weighted by atomic mass is 10.0. The van der Waals surface area contributed by atoms with Crippen molar-refractivity contribution >= 4 is 5.91 Å². The molecule has 0 saturated carbocycles. The molecule has 5 heteroatoms. The molecule has 0 radical (unpaired) electrons. The molecule has 1 N–H and O–H groups in total. The second-order valence-electron chi connectivity index (χ2n) is 7.33. The van der Waals surface area contributed by atoms with Crippen LogP contribution < -0.4 is 5.32 Å². The topological polar surface area (TPSA) is 56.2 Å². The Hall–Kier alpha value is -2.92. The minimum absolute atomic E-state index is 0.0708. The SMILES string of the molecule is CCCCc1ccc(-c2ccc(-n3cncc3C(=O)N[C@H](C)COC)cc2)cc1. The lowest BCUT2D eigenvalue weighted by Gasteiger charge is -2.14. The highest BCUT2D eigenvalue weighted by atomic mass is 16.5. The lowest BCUT2D eigenvalue weighted by Crippen LogP contribution is -2.36. The van der Waals surface area contributed by atoms with Crippen molar-refractivity contribution in [2.24, 2.45) is 0 Å². The molecule has 0 aliphatic carbocycles. The zero-order chi connectivity index (χ0) is 20.6. The van der Waals surface area contributed by atoms with Crippen LogP contribution in [0.3, 0.4) is 0 Å². The van der Waals surface area contributed by atoms with Crippen molar-refractivity contribution in [3.8, 4) is 16.8 Å². The summed E-state index contributed by atoms with van der Waals surface area (Å²) in [7, 11) is 1.62. The maximum atomic E-state index is 12.6. The Balaban J connectivity index is 1.74. The first-order valence-electron chi connectivity index (χ1n) is 10.1. The van der Waals surface area contributed by atoms with Crippen molar-refractivity contribution in [2.75, 3.05) is 13.7 Å². The summed E-state index contributed by atoms with van der Waals surface area (Å²) in [6, 6.07) is 16.9. The van der Waals surface area contributed by atoms with E-state index in [0.29, 0.717) is 12.3 Å². The van der Waals surface area contributed by atoms with Crippen LogP contribution in [0.1, 0.15) is 42.7 Å². The Morgan fingerprint density at radius 3 is 2.38 bits per heavy atom. The number of unbranched alkanes of at least 4 members (excludes halogenated alkanes) is 1. The van der Waals surface area contributed by atoms with Gasteiger partial charge in [-0.3, -0.25) is 9.36 Å². The van der Waals surface area contributed by atoms with E-state index >= 15 is 0 Å². The van der Waals surface area contributed by atoms with Crippen molar-refractivity contribution < 1.29 is 9.53 Å². The van der Waals surface area contributed by atoms with Gasteiger partial charge in [0.15, 0.2) is 0 Å². The molecule has 1 amide bonds. The maximum absolute atomic E-state index is 12.6. The third-order valence-electron chi connectivity index (χ3n) is 4.92. The van der Waals surface area contributed by atoms with Crippen LogP contribution in [-0.4, -0.2) is 35.2 Å². The number of hydrogen-bond acceptors (Lipinski definition) is 3. The van der Waals surface area contributed by atoms with Crippen LogP contribution in [0.4, 0.5) is 0 Å².